The summed E-state index contributed by atoms with van der Waals surface area (Å²) in [4.78, 5) is 25.2. The smallest absolute Gasteiger partial charge is 0.280 e. The number of aryl methyl sites for hydroxylation is 2. The molecule has 0 bridgehead atoms. The van der Waals surface area contributed by atoms with Gasteiger partial charge in [0.05, 0.1) is 6.20 Å². The van der Waals surface area contributed by atoms with E-state index in [1.165, 1.54) is 6.20 Å². The maximum Gasteiger partial charge on any atom is 0.280 e. The first-order chi connectivity index (χ1) is 12.5. The van der Waals surface area contributed by atoms with Crippen molar-refractivity contribution in [3.05, 3.63) is 82.5 Å². The van der Waals surface area contributed by atoms with Crippen LogP contribution in [-0.4, -0.2) is 21.6 Å². The molecule has 3 rings (SSSR count). The number of anilines is 1. The molecule has 6 heteroatoms. The Balaban J connectivity index is 1.94. The van der Waals surface area contributed by atoms with Crippen molar-refractivity contribution in [2.75, 3.05) is 5.32 Å². The molecular formula is C20H16N4O2. The second-order valence-electron chi connectivity index (χ2n) is 5.92. The van der Waals surface area contributed by atoms with Gasteiger partial charge in [0.25, 0.3) is 11.8 Å². The number of benzene rings is 2. The Hall–Kier alpha value is -3.72. The van der Waals surface area contributed by atoms with Gasteiger partial charge in [-0.25, -0.2) is 0 Å². The van der Waals surface area contributed by atoms with Crippen molar-refractivity contribution in [1.29, 1.82) is 5.26 Å². The van der Waals surface area contributed by atoms with Gasteiger partial charge in [-0.15, -0.1) is 0 Å². The molecule has 1 aromatic heterocycles. The zero-order chi connectivity index (χ0) is 18.7. The molecule has 0 atom stereocenters. The number of aromatic nitrogens is 2. The standard InChI is InChI=1S/C20H16N4O2/c1-13-3-7-15(8-4-13)19(25)23-18-17(11-21)12-22-24(18)20(26)16-9-5-14(2)6-10-16/h3-10,12H,1-2H3,(H,23,25). The normalized spacial score (nSPS) is 10.2. The van der Waals surface area contributed by atoms with Gasteiger partial charge in [0.1, 0.15) is 11.6 Å². The van der Waals surface area contributed by atoms with Crippen LogP contribution in [0.15, 0.2) is 54.7 Å². The average molecular weight is 344 g/mol. The van der Waals surface area contributed by atoms with Crippen LogP contribution in [0.1, 0.15) is 37.4 Å². The monoisotopic (exact) mass is 344 g/mol. The van der Waals surface area contributed by atoms with Gasteiger partial charge in [-0.1, -0.05) is 35.4 Å². The summed E-state index contributed by atoms with van der Waals surface area (Å²) >= 11 is 0. The summed E-state index contributed by atoms with van der Waals surface area (Å²) in [5.41, 5.74) is 3.00. The van der Waals surface area contributed by atoms with Crippen LogP contribution < -0.4 is 5.32 Å². The van der Waals surface area contributed by atoms with Crippen molar-refractivity contribution in [3.63, 3.8) is 0 Å². The van der Waals surface area contributed by atoms with Gasteiger partial charge < -0.3 is 5.32 Å². The minimum absolute atomic E-state index is 0.0589. The molecule has 1 amide bonds. The predicted octanol–water partition coefficient (Wildman–Crippen LogP) is 3.31. The second-order valence-corrected chi connectivity index (χ2v) is 5.92. The van der Waals surface area contributed by atoms with Gasteiger partial charge in [0.15, 0.2) is 5.82 Å². The first kappa shape index (κ1) is 17.1. The third kappa shape index (κ3) is 3.37. The van der Waals surface area contributed by atoms with E-state index in [1.54, 1.807) is 24.3 Å². The van der Waals surface area contributed by atoms with E-state index in [1.807, 2.05) is 44.2 Å². The van der Waals surface area contributed by atoms with Gasteiger partial charge in [0, 0.05) is 11.1 Å². The molecule has 0 aliphatic heterocycles. The summed E-state index contributed by atoms with van der Waals surface area (Å²) in [6.07, 6.45) is 1.26. The molecule has 0 fully saturated rings. The summed E-state index contributed by atoms with van der Waals surface area (Å²) in [6.45, 7) is 3.84. The van der Waals surface area contributed by atoms with Gasteiger partial charge in [-0.2, -0.15) is 15.0 Å². The Morgan fingerprint density at radius 1 is 0.962 bits per heavy atom. The molecule has 0 saturated heterocycles. The molecule has 128 valence electrons. The molecule has 1 N–H and O–H groups in total. The number of hydrogen-bond acceptors (Lipinski definition) is 4. The van der Waals surface area contributed by atoms with E-state index in [0.29, 0.717) is 11.1 Å². The molecular weight excluding hydrogens is 328 g/mol. The minimum atomic E-state index is -0.425. The van der Waals surface area contributed by atoms with E-state index in [4.69, 9.17) is 0 Å². The summed E-state index contributed by atoms with van der Waals surface area (Å²) < 4.78 is 1.04. The first-order valence-corrected chi connectivity index (χ1v) is 7.97. The summed E-state index contributed by atoms with van der Waals surface area (Å²) in [7, 11) is 0. The zero-order valence-corrected chi connectivity index (χ0v) is 14.4. The number of amides is 1. The lowest BCUT2D eigenvalue weighted by atomic mass is 10.1. The molecule has 0 unspecified atom stereocenters. The molecule has 2 aromatic carbocycles. The van der Waals surface area contributed by atoms with Crippen LogP contribution in [0.4, 0.5) is 5.82 Å². The number of nitrogens with one attached hydrogen (secondary N) is 1. The van der Waals surface area contributed by atoms with Crippen LogP contribution in [0, 0.1) is 25.2 Å². The Labute approximate surface area is 150 Å². The Kier molecular flexibility index (Phi) is 4.63. The fourth-order valence-corrected chi connectivity index (χ4v) is 2.41. The number of nitriles is 1. The fourth-order valence-electron chi connectivity index (χ4n) is 2.41. The maximum atomic E-state index is 12.7. The lowest BCUT2D eigenvalue weighted by Crippen LogP contribution is -2.21. The first-order valence-electron chi connectivity index (χ1n) is 7.97. The van der Waals surface area contributed by atoms with Gasteiger partial charge in [-0.3, -0.25) is 9.59 Å². The van der Waals surface area contributed by atoms with Crippen molar-refractivity contribution in [2.45, 2.75) is 13.8 Å². The third-order valence-electron chi connectivity index (χ3n) is 3.93. The highest BCUT2D eigenvalue weighted by Crippen LogP contribution is 2.18. The zero-order valence-electron chi connectivity index (χ0n) is 14.4. The quantitative estimate of drug-likeness (QED) is 0.789. The van der Waals surface area contributed by atoms with Crippen molar-refractivity contribution in [2.24, 2.45) is 0 Å². The van der Waals surface area contributed by atoms with Crippen LogP contribution in [-0.2, 0) is 0 Å². The Bertz CT molecular complexity index is 1010. The predicted molar refractivity (Wildman–Crippen MR) is 97.0 cm³/mol. The summed E-state index contributed by atoms with van der Waals surface area (Å²) in [5, 5.41) is 15.9. The summed E-state index contributed by atoms with van der Waals surface area (Å²) in [6, 6.07) is 15.9. The largest absolute Gasteiger partial charge is 0.305 e. The SMILES string of the molecule is Cc1ccc(C(=O)Nc2c(C#N)cnn2C(=O)c2ccc(C)cc2)cc1. The molecule has 0 aliphatic carbocycles. The van der Waals surface area contributed by atoms with Gasteiger partial charge >= 0.3 is 0 Å². The lowest BCUT2D eigenvalue weighted by Gasteiger charge is -2.09. The van der Waals surface area contributed by atoms with Crippen LogP contribution in [0.25, 0.3) is 0 Å². The second kappa shape index (κ2) is 7.03. The van der Waals surface area contributed by atoms with Crippen LogP contribution in [0.2, 0.25) is 0 Å². The molecule has 3 aromatic rings. The van der Waals surface area contributed by atoms with E-state index in [2.05, 4.69) is 10.4 Å². The number of rotatable bonds is 3. The maximum absolute atomic E-state index is 12.7. The number of nitrogens with zero attached hydrogens (tertiary/aromatic N) is 3. The molecule has 0 radical (unpaired) electrons. The highest BCUT2D eigenvalue weighted by molar-refractivity contribution is 6.06. The average Bonchev–Trinajstić information content (AvgIpc) is 3.04. The number of carbonyl (C=O) groups excluding carboxylic acids is 2. The number of hydrogen-bond donors (Lipinski definition) is 1. The highest BCUT2D eigenvalue weighted by atomic mass is 16.2. The van der Waals surface area contributed by atoms with Crippen LogP contribution in [0.3, 0.4) is 0 Å². The Morgan fingerprint density at radius 3 is 2.04 bits per heavy atom. The van der Waals surface area contributed by atoms with E-state index >= 15 is 0 Å². The number of carbonyl (C=O) groups is 2. The third-order valence-corrected chi connectivity index (χ3v) is 3.93. The van der Waals surface area contributed by atoms with E-state index in [-0.39, 0.29) is 11.4 Å². The molecule has 6 nitrogen and oxygen atoms in total. The van der Waals surface area contributed by atoms with Crippen molar-refractivity contribution in [3.8, 4) is 6.07 Å². The fraction of sp³-hybridized carbons (Fsp3) is 0.100. The van der Waals surface area contributed by atoms with Gasteiger partial charge in [-0.05, 0) is 38.1 Å². The van der Waals surface area contributed by atoms with Crippen molar-refractivity contribution in [1.82, 2.24) is 9.78 Å². The topological polar surface area (TPSA) is 87.8 Å². The molecule has 0 aliphatic rings. The summed E-state index contributed by atoms with van der Waals surface area (Å²) in [5.74, 6) is -0.783. The molecule has 26 heavy (non-hydrogen) atoms. The van der Waals surface area contributed by atoms with Gasteiger partial charge in [0.2, 0.25) is 0 Å². The van der Waals surface area contributed by atoms with E-state index in [0.717, 1.165) is 15.8 Å². The van der Waals surface area contributed by atoms with E-state index in [9.17, 15) is 14.9 Å². The van der Waals surface area contributed by atoms with E-state index < -0.39 is 11.8 Å². The molecule has 1 heterocycles. The van der Waals surface area contributed by atoms with Crippen molar-refractivity contribution < 1.29 is 9.59 Å². The van der Waals surface area contributed by atoms with Crippen LogP contribution >= 0.6 is 0 Å². The van der Waals surface area contributed by atoms with Crippen molar-refractivity contribution >= 4 is 17.6 Å². The molecule has 0 spiro atoms. The van der Waals surface area contributed by atoms with Crippen LogP contribution in [0.5, 0.6) is 0 Å². The molecule has 0 saturated carbocycles. The lowest BCUT2D eigenvalue weighted by molar-refractivity contribution is 0.0947. The highest BCUT2D eigenvalue weighted by Gasteiger charge is 2.20. The minimum Gasteiger partial charge on any atom is -0.305 e. The Morgan fingerprint density at radius 2 is 1.50 bits per heavy atom.